The molecule has 0 bridgehead atoms. The van der Waals surface area contributed by atoms with E-state index in [0.717, 1.165) is 35.4 Å². The number of fused-ring (bicyclic) bond motifs is 5. The number of hydrogen-bond donors (Lipinski definition) is 0. The molecule has 0 unspecified atom stereocenters. The molecule has 8 aromatic rings. The quantitative estimate of drug-likeness (QED) is 0.118. The van der Waals surface area contributed by atoms with Crippen LogP contribution in [0.3, 0.4) is 0 Å². The van der Waals surface area contributed by atoms with Gasteiger partial charge in [0, 0.05) is 32.5 Å². The summed E-state index contributed by atoms with van der Waals surface area (Å²) < 4.78 is 0. The first-order valence-corrected chi connectivity index (χ1v) is 17.7. The molecule has 0 saturated heterocycles. The number of pyridine rings is 2. The average molecular weight is 839 g/mol. The molecule has 8 rings (SSSR count). The zero-order valence-electron chi connectivity index (χ0n) is 29.7. The van der Waals surface area contributed by atoms with E-state index in [1.54, 1.807) is 6.20 Å². The van der Waals surface area contributed by atoms with Crippen LogP contribution in [0.4, 0.5) is 0 Å². The maximum Gasteiger partial charge on any atom is 0.0167 e. The van der Waals surface area contributed by atoms with Crippen LogP contribution in [-0.2, 0) is 32.9 Å². The summed E-state index contributed by atoms with van der Waals surface area (Å²) in [5.41, 5.74) is 9.21. The van der Waals surface area contributed by atoms with Gasteiger partial charge in [-0.15, -0.1) is 70.3 Å². The molecule has 51 heavy (non-hydrogen) atoms. The molecule has 0 N–H and O–H groups in total. The molecule has 1 radical (unpaired) electrons. The van der Waals surface area contributed by atoms with Crippen LogP contribution in [-0.4, -0.2) is 9.97 Å². The Hall–Kier alpha value is -4.95. The molecular formula is C48H42IrN2-2. The molecule has 0 amide bonds. The van der Waals surface area contributed by atoms with Crippen LogP contribution in [0, 0.1) is 24.0 Å². The fraction of sp³-hybridized carbons (Fsp3) is 0.167. The van der Waals surface area contributed by atoms with Gasteiger partial charge in [0.25, 0.3) is 0 Å². The van der Waals surface area contributed by atoms with E-state index in [-0.39, 0.29) is 20.1 Å². The van der Waals surface area contributed by atoms with E-state index in [0.29, 0.717) is 11.8 Å². The van der Waals surface area contributed by atoms with E-state index in [1.807, 2.05) is 48.7 Å². The second kappa shape index (κ2) is 16.4. The van der Waals surface area contributed by atoms with Crippen molar-refractivity contribution in [1.82, 2.24) is 9.97 Å². The summed E-state index contributed by atoms with van der Waals surface area (Å²) in [5.74, 6) is 1.22. The first-order valence-electron chi connectivity index (χ1n) is 17.7. The van der Waals surface area contributed by atoms with E-state index in [2.05, 4.69) is 136 Å². The molecule has 2 nitrogen and oxygen atoms in total. The third-order valence-electron chi connectivity index (χ3n) is 9.03. The molecule has 0 saturated carbocycles. The number of rotatable bonds is 7. The van der Waals surface area contributed by atoms with Crippen molar-refractivity contribution < 1.29 is 20.1 Å². The van der Waals surface area contributed by atoms with Gasteiger partial charge in [0.2, 0.25) is 0 Å². The predicted molar refractivity (Wildman–Crippen MR) is 212 cm³/mol. The monoisotopic (exact) mass is 839 g/mol. The largest absolute Gasteiger partial charge is 0.305 e. The first kappa shape index (κ1) is 35.9. The predicted octanol–water partition coefficient (Wildman–Crippen LogP) is 12.6. The molecule has 6 aromatic carbocycles. The smallest absolute Gasteiger partial charge is 0.0167 e. The van der Waals surface area contributed by atoms with Gasteiger partial charge < -0.3 is 9.97 Å². The summed E-state index contributed by atoms with van der Waals surface area (Å²) in [6.45, 7) is 9.11. The molecular weight excluding hydrogens is 797 g/mol. The second-order valence-corrected chi connectivity index (χ2v) is 13.9. The molecule has 3 heteroatoms. The van der Waals surface area contributed by atoms with Gasteiger partial charge in [-0.1, -0.05) is 119 Å². The molecule has 0 aliphatic carbocycles. The van der Waals surface area contributed by atoms with Gasteiger partial charge in [-0.05, 0) is 86.1 Å². The maximum absolute atomic E-state index is 4.86. The van der Waals surface area contributed by atoms with Crippen molar-refractivity contribution in [2.24, 2.45) is 11.8 Å². The van der Waals surface area contributed by atoms with Crippen molar-refractivity contribution in [3.63, 3.8) is 0 Å². The van der Waals surface area contributed by atoms with E-state index in [4.69, 9.17) is 4.98 Å². The van der Waals surface area contributed by atoms with Crippen LogP contribution in [0.25, 0.3) is 66.0 Å². The van der Waals surface area contributed by atoms with E-state index in [9.17, 15) is 0 Å². The Bertz CT molecular complexity index is 2300. The molecule has 255 valence electrons. The van der Waals surface area contributed by atoms with Crippen molar-refractivity contribution in [2.75, 3.05) is 0 Å². The summed E-state index contributed by atoms with van der Waals surface area (Å²) in [6.07, 6.45) is 5.88. The molecule has 0 spiro atoms. The summed E-state index contributed by atoms with van der Waals surface area (Å²) in [7, 11) is 0. The van der Waals surface area contributed by atoms with Crippen molar-refractivity contribution in [3.8, 4) is 33.6 Å². The van der Waals surface area contributed by atoms with Crippen LogP contribution >= 0.6 is 0 Å². The normalized spacial score (nSPS) is 11.1. The third kappa shape index (κ3) is 8.34. The second-order valence-electron chi connectivity index (χ2n) is 13.9. The summed E-state index contributed by atoms with van der Waals surface area (Å²) in [4.78, 5) is 9.21. The standard InChI is InChI=1S/C31H30N.C17H12N.Ir/c1-20(2)15-22-17-23(16-21(3)4)19-25(18-22)31-30-12-11-27-26-8-6-5-7-24(26)9-10-28(27)29(30)13-14-32-31;1-2-7-14(8-3-1)15-9-6-10-16(13-15)17-11-4-5-12-18-17;/h5-14,17-18,20-21H,15-16H2,1-4H3;1-9,11-13H;/q2*-1;. The topological polar surface area (TPSA) is 25.8 Å². The minimum Gasteiger partial charge on any atom is -0.305 e. The number of hydrogen-bond acceptors (Lipinski definition) is 2. The number of nitrogens with zero attached hydrogens (tertiary/aromatic N) is 2. The maximum atomic E-state index is 4.86. The molecule has 0 fully saturated rings. The van der Waals surface area contributed by atoms with Gasteiger partial charge in [0.1, 0.15) is 0 Å². The Labute approximate surface area is 316 Å². The van der Waals surface area contributed by atoms with Crippen LogP contribution < -0.4 is 0 Å². The van der Waals surface area contributed by atoms with Gasteiger partial charge in [-0.3, -0.25) is 0 Å². The van der Waals surface area contributed by atoms with Crippen molar-refractivity contribution in [3.05, 3.63) is 169 Å². The third-order valence-corrected chi connectivity index (χ3v) is 9.03. The Kier molecular flexibility index (Phi) is 11.5. The fourth-order valence-corrected chi connectivity index (χ4v) is 6.88. The van der Waals surface area contributed by atoms with Gasteiger partial charge in [0.15, 0.2) is 0 Å². The van der Waals surface area contributed by atoms with Gasteiger partial charge >= 0.3 is 0 Å². The summed E-state index contributed by atoms with van der Waals surface area (Å²) in [5, 5.41) is 7.61. The van der Waals surface area contributed by atoms with Gasteiger partial charge in [-0.25, -0.2) is 0 Å². The minimum absolute atomic E-state index is 0. The molecule has 2 heterocycles. The van der Waals surface area contributed by atoms with Gasteiger partial charge in [-0.2, -0.15) is 0 Å². The Balaban J connectivity index is 0.000000200. The molecule has 0 atom stereocenters. The summed E-state index contributed by atoms with van der Waals surface area (Å²) >= 11 is 0. The van der Waals surface area contributed by atoms with Gasteiger partial charge in [0.05, 0.1) is 0 Å². The molecule has 0 aliphatic heterocycles. The number of aromatic nitrogens is 2. The van der Waals surface area contributed by atoms with Crippen LogP contribution in [0.2, 0.25) is 0 Å². The SMILES string of the molecule is CC(C)Cc1[c-]c(-c2nccc3c2ccc2c4ccccc4ccc32)cc(CC(C)C)c1.[Ir].[c-]1ccc(-c2ccccc2)cc1-c1ccccn1. The van der Waals surface area contributed by atoms with E-state index < -0.39 is 0 Å². The Morgan fingerprint density at radius 1 is 0.529 bits per heavy atom. The molecule has 2 aromatic heterocycles. The zero-order valence-corrected chi connectivity index (χ0v) is 32.0. The first-order chi connectivity index (χ1) is 24.4. The minimum atomic E-state index is 0. The Morgan fingerprint density at radius 2 is 1.24 bits per heavy atom. The van der Waals surface area contributed by atoms with Crippen molar-refractivity contribution in [1.29, 1.82) is 0 Å². The Morgan fingerprint density at radius 3 is 2.02 bits per heavy atom. The van der Waals surface area contributed by atoms with Crippen LogP contribution in [0.1, 0.15) is 38.8 Å². The van der Waals surface area contributed by atoms with E-state index in [1.165, 1.54) is 54.6 Å². The van der Waals surface area contributed by atoms with Crippen LogP contribution in [0.15, 0.2) is 146 Å². The van der Waals surface area contributed by atoms with E-state index >= 15 is 0 Å². The average Bonchev–Trinajstić information content (AvgIpc) is 3.14. The fourth-order valence-electron chi connectivity index (χ4n) is 6.88. The molecule has 0 aliphatic rings. The number of benzene rings is 6. The summed E-state index contributed by atoms with van der Waals surface area (Å²) in [6, 6.07) is 53.8. The van der Waals surface area contributed by atoms with Crippen molar-refractivity contribution >= 4 is 32.3 Å². The van der Waals surface area contributed by atoms with Crippen molar-refractivity contribution in [2.45, 2.75) is 40.5 Å². The zero-order chi connectivity index (χ0) is 34.5. The van der Waals surface area contributed by atoms with Crippen LogP contribution in [0.5, 0.6) is 0 Å².